The van der Waals surface area contributed by atoms with Gasteiger partial charge >= 0.3 is 0 Å². The van der Waals surface area contributed by atoms with Gasteiger partial charge in [-0.15, -0.1) is 0 Å². The number of rotatable bonds is 7. The van der Waals surface area contributed by atoms with E-state index in [0.29, 0.717) is 23.4 Å². The van der Waals surface area contributed by atoms with Crippen LogP contribution in [0.1, 0.15) is 52.0 Å². The number of hydrogen-bond acceptors (Lipinski definition) is 4. The number of nitrogens with one attached hydrogen (secondary N) is 1. The first-order valence-electron chi connectivity index (χ1n) is 9.93. The molecule has 0 spiro atoms. The Hall–Kier alpha value is -2.93. The largest absolute Gasteiger partial charge is 0.454 e. The lowest BCUT2D eigenvalue weighted by molar-refractivity contribution is 0.0949. The minimum Gasteiger partial charge on any atom is -0.454 e. The van der Waals surface area contributed by atoms with Crippen LogP contribution < -0.4 is 15.8 Å². The van der Waals surface area contributed by atoms with Gasteiger partial charge in [0, 0.05) is 23.7 Å². The summed E-state index contributed by atoms with van der Waals surface area (Å²) in [5.74, 6) is -1.34. The number of benzene rings is 2. The van der Waals surface area contributed by atoms with Crippen LogP contribution in [0.4, 0.5) is 4.39 Å². The lowest BCUT2D eigenvalue weighted by Crippen LogP contribution is -2.25. The summed E-state index contributed by atoms with van der Waals surface area (Å²) < 4.78 is 20.8. The monoisotopic (exact) mass is 397 g/mol. The van der Waals surface area contributed by atoms with Crippen LogP contribution in [-0.2, 0) is 6.54 Å². The fourth-order valence-corrected chi connectivity index (χ4v) is 3.49. The summed E-state index contributed by atoms with van der Waals surface area (Å²) in [4.78, 5) is 25.9. The van der Waals surface area contributed by atoms with E-state index in [1.54, 1.807) is 30.3 Å². The van der Waals surface area contributed by atoms with Gasteiger partial charge in [-0.05, 0) is 69.1 Å². The van der Waals surface area contributed by atoms with Gasteiger partial charge in [0.2, 0.25) is 0 Å². The molecule has 1 heterocycles. The Morgan fingerprint density at radius 1 is 1.10 bits per heavy atom. The van der Waals surface area contributed by atoms with E-state index in [2.05, 4.69) is 10.2 Å². The van der Waals surface area contributed by atoms with E-state index in [1.807, 2.05) is 0 Å². The van der Waals surface area contributed by atoms with Crippen LogP contribution >= 0.6 is 0 Å². The van der Waals surface area contributed by atoms with Crippen molar-refractivity contribution < 1.29 is 18.7 Å². The number of nitrogens with two attached hydrogens (primary N) is 1. The van der Waals surface area contributed by atoms with Crippen molar-refractivity contribution in [2.45, 2.75) is 38.3 Å². The third kappa shape index (κ3) is 4.56. The minimum atomic E-state index is -0.841. The molecule has 1 saturated carbocycles. The maximum absolute atomic E-state index is 15.0. The zero-order valence-corrected chi connectivity index (χ0v) is 16.1. The Kier molecular flexibility index (Phi) is 5.49. The molecule has 2 aliphatic rings. The van der Waals surface area contributed by atoms with Gasteiger partial charge in [0.05, 0.1) is 5.56 Å². The maximum Gasteiger partial charge on any atom is 0.251 e. The summed E-state index contributed by atoms with van der Waals surface area (Å²) in [6.07, 6.45) is 4.26. The number of carbonyl (C=O) groups excluding carboxylic acids is 2. The number of likely N-dealkylation sites (tertiary alicyclic amines) is 1. The molecule has 7 heteroatoms. The highest BCUT2D eigenvalue weighted by molar-refractivity contribution is 5.95. The van der Waals surface area contributed by atoms with Crippen LogP contribution in [0, 0.1) is 5.82 Å². The number of carbonyl (C=O) groups is 2. The molecule has 0 unspecified atom stereocenters. The topological polar surface area (TPSA) is 84.7 Å². The number of primary amides is 1. The summed E-state index contributed by atoms with van der Waals surface area (Å²) in [5, 5.41) is 2.92. The second kappa shape index (κ2) is 8.21. The Balaban J connectivity index is 1.57. The molecule has 1 saturated heterocycles. The molecule has 0 bridgehead atoms. The third-order valence-corrected chi connectivity index (χ3v) is 5.29. The highest BCUT2D eigenvalue weighted by Gasteiger charge is 2.24. The van der Waals surface area contributed by atoms with E-state index in [1.165, 1.54) is 6.07 Å². The van der Waals surface area contributed by atoms with Gasteiger partial charge in [0.25, 0.3) is 11.8 Å². The number of ether oxygens (including phenoxy) is 1. The molecule has 0 radical (unpaired) electrons. The maximum atomic E-state index is 15.0. The molecule has 2 aromatic rings. The van der Waals surface area contributed by atoms with E-state index in [0.717, 1.165) is 38.8 Å². The molecule has 2 amide bonds. The van der Waals surface area contributed by atoms with E-state index in [4.69, 9.17) is 10.5 Å². The van der Waals surface area contributed by atoms with Gasteiger partial charge in [0.15, 0.2) is 11.6 Å². The van der Waals surface area contributed by atoms with Gasteiger partial charge < -0.3 is 15.8 Å². The standard InChI is InChI=1S/C22H24FN3O3/c23-19-18(21(24)27)10-5-15(13-26-11-1-2-12-26)20(19)29-17-8-3-14(4-9-17)22(28)25-16-6-7-16/h3-5,8-10,16H,1-2,6-7,11-13H2,(H2,24,27)(H,25,28). The molecule has 1 aliphatic heterocycles. The molecule has 0 atom stereocenters. The first-order valence-corrected chi connectivity index (χ1v) is 9.93. The first kappa shape index (κ1) is 19.4. The summed E-state index contributed by atoms with van der Waals surface area (Å²) in [6, 6.07) is 9.90. The molecule has 6 nitrogen and oxygen atoms in total. The summed E-state index contributed by atoms with van der Waals surface area (Å²) in [7, 11) is 0. The van der Waals surface area contributed by atoms with Crippen molar-refractivity contribution >= 4 is 11.8 Å². The van der Waals surface area contributed by atoms with Gasteiger partial charge in [0.1, 0.15) is 5.75 Å². The molecule has 3 N–H and O–H groups in total. The van der Waals surface area contributed by atoms with Crippen molar-refractivity contribution in [3.8, 4) is 11.5 Å². The Morgan fingerprint density at radius 3 is 2.41 bits per heavy atom. The first-order chi connectivity index (χ1) is 14.0. The molecule has 2 aromatic carbocycles. The number of halogens is 1. The fourth-order valence-electron chi connectivity index (χ4n) is 3.49. The second-order valence-corrected chi connectivity index (χ2v) is 7.64. The Bertz CT molecular complexity index is 920. The van der Waals surface area contributed by atoms with Crippen molar-refractivity contribution in [3.63, 3.8) is 0 Å². The predicted octanol–water partition coefficient (Wildman–Crippen LogP) is 3.20. The molecule has 152 valence electrons. The SMILES string of the molecule is NC(=O)c1ccc(CN2CCCC2)c(Oc2ccc(C(=O)NC3CC3)cc2)c1F. The molecule has 2 fully saturated rings. The van der Waals surface area contributed by atoms with Crippen LogP contribution in [0.15, 0.2) is 36.4 Å². The smallest absolute Gasteiger partial charge is 0.251 e. The van der Waals surface area contributed by atoms with Gasteiger partial charge in [-0.2, -0.15) is 0 Å². The Labute approximate surface area is 168 Å². The Morgan fingerprint density at radius 2 is 1.79 bits per heavy atom. The average Bonchev–Trinajstić information content (AvgIpc) is 3.36. The normalized spacial score (nSPS) is 16.6. The van der Waals surface area contributed by atoms with Gasteiger partial charge in [-0.3, -0.25) is 14.5 Å². The number of nitrogens with zero attached hydrogens (tertiary/aromatic N) is 1. The molecular formula is C22H24FN3O3. The summed E-state index contributed by atoms with van der Waals surface area (Å²) >= 11 is 0. The minimum absolute atomic E-state index is 0.00313. The van der Waals surface area contributed by atoms with Crippen molar-refractivity contribution in [1.29, 1.82) is 0 Å². The second-order valence-electron chi connectivity index (χ2n) is 7.64. The van der Waals surface area contributed by atoms with Crippen molar-refractivity contribution in [2.75, 3.05) is 13.1 Å². The zero-order chi connectivity index (χ0) is 20.4. The fraction of sp³-hybridized carbons (Fsp3) is 0.364. The number of hydrogen-bond donors (Lipinski definition) is 2. The molecular weight excluding hydrogens is 373 g/mol. The van der Waals surface area contributed by atoms with E-state index < -0.39 is 11.7 Å². The zero-order valence-electron chi connectivity index (χ0n) is 16.1. The van der Waals surface area contributed by atoms with Crippen molar-refractivity contribution in [2.24, 2.45) is 5.73 Å². The average molecular weight is 397 g/mol. The summed E-state index contributed by atoms with van der Waals surface area (Å²) in [5.41, 5.74) is 6.27. The predicted molar refractivity (Wildman–Crippen MR) is 106 cm³/mol. The highest BCUT2D eigenvalue weighted by Crippen LogP contribution is 2.32. The van der Waals surface area contributed by atoms with Gasteiger partial charge in [-0.1, -0.05) is 6.07 Å². The van der Waals surface area contributed by atoms with Crippen LogP contribution in [0.5, 0.6) is 11.5 Å². The van der Waals surface area contributed by atoms with Crippen LogP contribution in [0.2, 0.25) is 0 Å². The molecule has 0 aromatic heterocycles. The van der Waals surface area contributed by atoms with Gasteiger partial charge in [-0.25, -0.2) is 4.39 Å². The lowest BCUT2D eigenvalue weighted by Gasteiger charge is -2.19. The van der Waals surface area contributed by atoms with E-state index in [-0.39, 0.29) is 23.3 Å². The van der Waals surface area contributed by atoms with Crippen LogP contribution in [-0.4, -0.2) is 35.8 Å². The quantitative estimate of drug-likeness (QED) is 0.751. The van der Waals surface area contributed by atoms with E-state index >= 15 is 0 Å². The van der Waals surface area contributed by atoms with Crippen LogP contribution in [0.25, 0.3) is 0 Å². The van der Waals surface area contributed by atoms with Crippen LogP contribution in [0.3, 0.4) is 0 Å². The highest BCUT2D eigenvalue weighted by atomic mass is 19.1. The molecule has 4 rings (SSSR count). The van der Waals surface area contributed by atoms with Crippen molar-refractivity contribution in [3.05, 3.63) is 58.9 Å². The van der Waals surface area contributed by atoms with Crippen molar-refractivity contribution in [1.82, 2.24) is 10.2 Å². The number of amides is 2. The molecule has 1 aliphatic carbocycles. The molecule has 29 heavy (non-hydrogen) atoms. The third-order valence-electron chi connectivity index (χ3n) is 5.29. The van der Waals surface area contributed by atoms with E-state index in [9.17, 15) is 14.0 Å². The lowest BCUT2D eigenvalue weighted by atomic mass is 10.1. The summed E-state index contributed by atoms with van der Waals surface area (Å²) in [6.45, 7) is 2.43.